The average Bonchev–Trinajstić information content (AvgIpc) is 2.28. The lowest BCUT2D eigenvalue weighted by molar-refractivity contribution is -0.211. The smallest absolute Gasteiger partial charge is 0.414 e. The number of amides is 1. The minimum absolute atomic E-state index is 0.0663. The molecular weight excluding hydrogens is 291 g/mol. The van der Waals surface area contributed by atoms with Crippen LogP contribution in [0.15, 0.2) is 0 Å². The third-order valence-electron chi connectivity index (χ3n) is 3.25. The first-order chi connectivity index (χ1) is 9.40. The van der Waals surface area contributed by atoms with Gasteiger partial charge in [0, 0.05) is 19.0 Å². The molecule has 1 aliphatic rings. The van der Waals surface area contributed by atoms with Gasteiger partial charge in [-0.1, -0.05) is 0 Å². The standard InChI is InChI=1S/C13H22F3NO4/c1-12(2,3)21-11(20)17-5-4-9(18)8(7-17)6-10(19)13(14,15)16/h8-10,18-19H,4-7H2,1-3H3. The molecule has 0 aromatic rings. The van der Waals surface area contributed by atoms with Crippen LogP contribution >= 0.6 is 0 Å². The van der Waals surface area contributed by atoms with Crippen LogP contribution in [0.2, 0.25) is 0 Å². The Kier molecular flexibility index (Phi) is 5.49. The van der Waals surface area contributed by atoms with Crippen LogP contribution in [-0.2, 0) is 4.74 Å². The molecule has 0 bridgehead atoms. The summed E-state index contributed by atoms with van der Waals surface area (Å²) in [5.74, 6) is -0.831. The first-order valence-electron chi connectivity index (χ1n) is 6.81. The second kappa shape index (κ2) is 6.39. The van der Waals surface area contributed by atoms with Crippen molar-refractivity contribution in [1.29, 1.82) is 0 Å². The Bertz CT molecular complexity index is 367. The lowest BCUT2D eigenvalue weighted by atomic mass is 9.89. The summed E-state index contributed by atoms with van der Waals surface area (Å²) >= 11 is 0. The minimum atomic E-state index is -4.73. The van der Waals surface area contributed by atoms with E-state index in [0.29, 0.717) is 0 Å². The highest BCUT2D eigenvalue weighted by Crippen LogP contribution is 2.29. The Hall–Kier alpha value is -1.02. The molecule has 0 radical (unpaired) electrons. The minimum Gasteiger partial charge on any atom is -0.444 e. The maximum absolute atomic E-state index is 12.4. The molecule has 3 unspecified atom stereocenters. The van der Waals surface area contributed by atoms with Crippen molar-refractivity contribution in [3.05, 3.63) is 0 Å². The summed E-state index contributed by atoms with van der Waals surface area (Å²) in [5, 5.41) is 18.9. The Morgan fingerprint density at radius 2 is 1.95 bits per heavy atom. The maximum Gasteiger partial charge on any atom is 0.414 e. The SMILES string of the molecule is CC(C)(C)OC(=O)N1CCC(O)C(CC(O)C(F)(F)F)C1. The summed E-state index contributed by atoms with van der Waals surface area (Å²) in [6.45, 7) is 5.22. The number of carbonyl (C=O) groups excluding carboxylic acids is 1. The monoisotopic (exact) mass is 313 g/mol. The third-order valence-corrected chi connectivity index (χ3v) is 3.25. The van der Waals surface area contributed by atoms with E-state index in [9.17, 15) is 23.1 Å². The molecule has 0 aliphatic carbocycles. The van der Waals surface area contributed by atoms with E-state index < -0.39 is 42.4 Å². The van der Waals surface area contributed by atoms with Gasteiger partial charge in [0.1, 0.15) is 11.7 Å². The van der Waals surface area contributed by atoms with Gasteiger partial charge in [-0.2, -0.15) is 13.2 Å². The maximum atomic E-state index is 12.4. The number of piperidine rings is 1. The van der Waals surface area contributed by atoms with Gasteiger partial charge in [0.2, 0.25) is 0 Å². The van der Waals surface area contributed by atoms with Gasteiger partial charge in [0.15, 0.2) is 0 Å². The normalized spacial score (nSPS) is 25.6. The van der Waals surface area contributed by atoms with Gasteiger partial charge in [-0.25, -0.2) is 4.79 Å². The van der Waals surface area contributed by atoms with Crippen LogP contribution in [0.4, 0.5) is 18.0 Å². The van der Waals surface area contributed by atoms with Crippen LogP contribution in [0.5, 0.6) is 0 Å². The number of aliphatic hydroxyl groups excluding tert-OH is 2. The predicted octanol–water partition coefficient (Wildman–Crippen LogP) is 1.92. The third kappa shape index (κ3) is 5.70. The largest absolute Gasteiger partial charge is 0.444 e. The lowest BCUT2D eigenvalue weighted by Crippen LogP contribution is -2.49. The van der Waals surface area contributed by atoms with Gasteiger partial charge >= 0.3 is 12.3 Å². The zero-order chi connectivity index (χ0) is 16.4. The molecule has 1 aliphatic heterocycles. The van der Waals surface area contributed by atoms with E-state index in [2.05, 4.69) is 0 Å². The van der Waals surface area contributed by atoms with E-state index in [-0.39, 0.29) is 19.5 Å². The first kappa shape index (κ1) is 18.0. The van der Waals surface area contributed by atoms with Gasteiger partial charge in [0.05, 0.1) is 6.10 Å². The molecule has 0 aromatic carbocycles. The molecule has 3 atom stereocenters. The van der Waals surface area contributed by atoms with E-state index >= 15 is 0 Å². The molecule has 0 aromatic heterocycles. The number of aliphatic hydroxyl groups is 2. The number of hydrogen-bond acceptors (Lipinski definition) is 4. The van der Waals surface area contributed by atoms with E-state index in [4.69, 9.17) is 9.84 Å². The van der Waals surface area contributed by atoms with Crippen molar-refractivity contribution in [1.82, 2.24) is 4.90 Å². The van der Waals surface area contributed by atoms with Gasteiger partial charge in [0.25, 0.3) is 0 Å². The fourth-order valence-electron chi connectivity index (χ4n) is 2.16. The van der Waals surface area contributed by atoms with Crippen LogP contribution in [0.25, 0.3) is 0 Å². The molecule has 1 fully saturated rings. The molecule has 1 amide bonds. The summed E-state index contributed by atoms with van der Waals surface area (Å²) < 4.78 is 42.3. The molecule has 21 heavy (non-hydrogen) atoms. The van der Waals surface area contributed by atoms with Crippen molar-refractivity contribution in [2.45, 2.75) is 57.6 Å². The molecule has 124 valence electrons. The Labute approximate surface area is 121 Å². The molecular formula is C13H22F3NO4. The molecule has 0 saturated carbocycles. The van der Waals surface area contributed by atoms with Crippen LogP contribution in [0.1, 0.15) is 33.6 Å². The second-order valence-corrected chi connectivity index (χ2v) is 6.34. The highest BCUT2D eigenvalue weighted by Gasteiger charge is 2.42. The van der Waals surface area contributed by atoms with Crippen molar-refractivity contribution in [3.63, 3.8) is 0 Å². The fraction of sp³-hybridized carbons (Fsp3) is 0.923. The number of ether oxygens (including phenoxy) is 1. The van der Waals surface area contributed by atoms with Gasteiger partial charge < -0.3 is 19.8 Å². The summed E-state index contributed by atoms with van der Waals surface area (Å²) in [7, 11) is 0. The lowest BCUT2D eigenvalue weighted by Gasteiger charge is -2.37. The summed E-state index contributed by atoms with van der Waals surface area (Å²) in [6, 6.07) is 0. The van der Waals surface area contributed by atoms with E-state index in [1.54, 1.807) is 20.8 Å². The zero-order valence-corrected chi connectivity index (χ0v) is 12.4. The van der Waals surface area contributed by atoms with Crippen molar-refractivity contribution >= 4 is 6.09 Å². The topological polar surface area (TPSA) is 70.0 Å². The molecule has 1 saturated heterocycles. The number of nitrogens with zero attached hydrogens (tertiary/aromatic N) is 1. The Morgan fingerprint density at radius 3 is 2.43 bits per heavy atom. The number of alkyl halides is 3. The zero-order valence-electron chi connectivity index (χ0n) is 12.4. The number of rotatable bonds is 2. The van der Waals surface area contributed by atoms with Crippen LogP contribution in [0, 0.1) is 5.92 Å². The first-order valence-corrected chi connectivity index (χ1v) is 6.81. The molecule has 8 heteroatoms. The average molecular weight is 313 g/mol. The molecule has 5 nitrogen and oxygen atoms in total. The summed E-state index contributed by atoms with van der Waals surface area (Å²) in [4.78, 5) is 13.2. The molecule has 1 heterocycles. The fourth-order valence-corrected chi connectivity index (χ4v) is 2.16. The van der Waals surface area contributed by atoms with Gasteiger partial charge in [-0.3, -0.25) is 0 Å². The van der Waals surface area contributed by atoms with E-state index in [0.717, 1.165) is 0 Å². The second-order valence-electron chi connectivity index (χ2n) is 6.34. The quantitative estimate of drug-likeness (QED) is 0.817. The number of carbonyl (C=O) groups is 1. The van der Waals surface area contributed by atoms with Crippen molar-refractivity contribution in [2.75, 3.05) is 13.1 Å². The number of halogens is 3. The Morgan fingerprint density at radius 1 is 1.38 bits per heavy atom. The highest BCUT2D eigenvalue weighted by molar-refractivity contribution is 5.68. The predicted molar refractivity (Wildman–Crippen MR) is 68.6 cm³/mol. The molecule has 0 spiro atoms. The van der Waals surface area contributed by atoms with E-state index in [1.165, 1.54) is 4.90 Å². The summed E-state index contributed by atoms with van der Waals surface area (Å²) in [5.41, 5.74) is -0.700. The van der Waals surface area contributed by atoms with Crippen LogP contribution in [-0.4, -0.2) is 58.3 Å². The van der Waals surface area contributed by atoms with E-state index in [1.807, 2.05) is 0 Å². The molecule has 2 N–H and O–H groups in total. The molecule has 1 rings (SSSR count). The highest BCUT2D eigenvalue weighted by atomic mass is 19.4. The number of hydrogen-bond donors (Lipinski definition) is 2. The van der Waals surface area contributed by atoms with Crippen LogP contribution in [0.3, 0.4) is 0 Å². The van der Waals surface area contributed by atoms with Gasteiger partial charge in [-0.15, -0.1) is 0 Å². The van der Waals surface area contributed by atoms with Crippen molar-refractivity contribution < 1.29 is 32.9 Å². The van der Waals surface area contributed by atoms with Gasteiger partial charge in [-0.05, 0) is 33.6 Å². The van der Waals surface area contributed by atoms with Crippen molar-refractivity contribution in [2.24, 2.45) is 5.92 Å². The van der Waals surface area contributed by atoms with Crippen LogP contribution < -0.4 is 0 Å². The number of likely N-dealkylation sites (tertiary alicyclic amines) is 1. The Balaban J connectivity index is 2.64. The van der Waals surface area contributed by atoms with Crippen molar-refractivity contribution in [3.8, 4) is 0 Å². The summed E-state index contributed by atoms with van der Waals surface area (Å²) in [6.07, 6.45) is -9.30.